The quantitative estimate of drug-likeness (QED) is 0.836. The van der Waals surface area contributed by atoms with Crippen LogP contribution in [0, 0.1) is 5.92 Å². The van der Waals surface area contributed by atoms with Crippen molar-refractivity contribution in [2.24, 2.45) is 5.92 Å². The lowest BCUT2D eigenvalue weighted by Gasteiger charge is -2.33. The minimum atomic E-state index is -0.322. The lowest BCUT2D eigenvalue weighted by atomic mass is 9.95. The topological polar surface area (TPSA) is 49.8 Å². The van der Waals surface area contributed by atoms with Gasteiger partial charge in [-0.1, -0.05) is 6.92 Å². The summed E-state index contributed by atoms with van der Waals surface area (Å²) in [4.78, 5) is 14.2. The third-order valence-corrected chi connectivity index (χ3v) is 3.86. The largest absolute Gasteiger partial charge is 0.494 e. The second-order valence-corrected chi connectivity index (χ2v) is 5.45. The summed E-state index contributed by atoms with van der Waals surface area (Å²) in [6.07, 6.45) is 0.620. The Hall–Kier alpha value is -1.39. The highest BCUT2D eigenvalue weighted by Crippen LogP contribution is 2.18. The van der Waals surface area contributed by atoms with Gasteiger partial charge in [0.2, 0.25) is 0 Å². The maximum absolute atomic E-state index is 12.2. The van der Waals surface area contributed by atoms with Crippen LogP contribution >= 0.6 is 0 Å². The number of likely N-dealkylation sites (tertiary alicyclic amines) is 1. The molecule has 1 aromatic rings. The van der Waals surface area contributed by atoms with Gasteiger partial charge in [0.25, 0.3) is 0 Å². The number of ether oxygens (including phenoxy) is 1. The standard InChI is InChI=1S/C16H23NO3/c1-3-20-14-6-4-13(5-7-14)16(19)11-17-9-8-12(2)15(18)10-17/h4-7,12,15,18H,3,8-11H2,1-2H3. The van der Waals surface area contributed by atoms with Crippen LogP contribution < -0.4 is 4.74 Å². The summed E-state index contributed by atoms with van der Waals surface area (Å²) in [5.41, 5.74) is 0.696. The SMILES string of the molecule is CCOc1ccc(C(=O)CN2CCC(C)C(O)C2)cc1. The molecule has 20 heavy (non-hydrogen) atoms. The number of rotatable bonds is 5. The molecule has 2 rings (SSSR count). The van der Waals surface area contributed by atoms with Gasteiger partial charge in [-0.15, -0.1) is 0 Å². The second-order valence-electron chi connectivity index (χ2n) is 5.45. The minimum Gasteiger partial charge on any atom is -0.494 e. The van der Waals surface area contributed by atoms with Crippen LogP contribution in [0.1, 0.15) is 30.6 Å². The Kier molecular flexibility index (Phi) is 5.15. The number of carbonyl (C=O) groups excluding carboxylic acids is 1. The fourth-order valence-electron chi connectivity index (χ4n) is 2.46. The van der Waals surface area contributed by atoms with Crippen molar-refractivity contribution in [1.82, 2.24) is 4.90 Å². The Labute approximate surface area is 120 Å². The summed E-state index contributed by atoms with van der Waals surface area (Å²) in [7, 11) is 0. The summed E-state index contributed by atoms with van der Waals surface area (Å²) in [6, 6.07) is 7.25. The molecule has 0 spiro atoms. The van der Waals surface area contributed by atoms with Gasteiger partial charge in [-0.2, -0.15) is 0 Å². The van der Waals surface area contributed by atoms with E-state index in [0.29, 0.717) is 31.2 Å². The van der Waals surface area contributed by atoms with Crippen LogP contribution in [0.5, 0.6) is 5.75 Å². The van der Waals surface area contributed by atoms with E-state index in [-0.39, 0.29) is 11.9 Å². The third kappa shape index (κ3) is 3.81. The molecule has 1 saturated heterocycles. The number of aliphatic hydroxyl groups excluding tert-OH is 1. The van der Waals surface area contributed by atoms with Gasteiger partial charge in [-0.25, -0.2) is 0 Å². The Balaban J connectivity index is 1.91. The van der Waals surface area contributed by atoms with Crippen molar-refractivity contribution in [3.05, 3.63) is 29.8 Å². The van der Waals surface area contributed by atoms with Crippen molar-refractivity contribution in [3.63, 3.8) is 0 Å². The van der Waals surface area contributed by atoms with E-state index in [1.807, 2.05) is 24.0 Å². The molecule has 4 heteroatoms. The molecule has 1 aliphatic rings. The Bertz CT molecular complexity index is 444. The van der Waals surface area contributed by atoms with Gasteiger partial charge in [-0.05, 0) is 50.1 Å². The second kappa shape index (κ2) is 6.86. The number of β-amino-alcohol motifs (C(OH)–C–C–N with tert-alkyl or cyclic N) is 1. The Morgan fingerprint density at radius 2 is 2.10 bits per heavy atom. The number of nitrogens with zero attached hydrogens (tertiary/aromatic N) is 1. The molecule has 1 heterocycles. The van der Waals surface area contributed by atoms with E-state index in [1.54, 1.807) is 12.1 Å². The summed E-state index contributed by atoms with van der Waals surface area (Å²) in [5, 5.41) is 9.86. The van der Waals surface area contributed by atoms with Crippen LogP contribution in [0.2, 0.25) is 0 Å². The number of hydrogen-bond donors (Lipinski definition) is 1. The number of benzene rings is 1. The minimum absolute atomic E-state index is 0.0924. The van der Waals surface area contributed by atoms with E-state index in [2.05, 4.69) is 6.92 Å². The molecule has 0 aromatic heterocycles. The van der Waals surface area contributed by atoms with Crippen LogP contribution in [-0.4, -0.2) is 48.1 Å². The summed E-state index contributed by atoms with van der Waals surface area (Å²) in [5.74, 6) is 1.20. The number of ketones is 1. The molecule has 0 aliphatic carbocycles. The van der Waals surface area contributed by atoms with Crippen molar-refractivity contribution in [2.75, 3.05) is 26.2 Å². The number of Topliss-reactive ketones (excluding diaryl/α,β-unsaturated/α-hetero) is 1. The molecular formula is C16H23NO3. The maximum atomic E-state index is 12.2. The van der Waals surface area contributed by atoms with Gasteiger partial charge in [0.1, 0.15) is 5.75 Å². The molecule has 110 valence electrons. The fourth-order valence-corrected chi connectivity index (χ4v) is 2.46. The zero-order chi connectivity index (χ0) is 14.5. The Morgan fingerprint density at radius 3 is 2.70 bits per heavy atom. The van der Waals surface area contributed by atoms with E-state index in [9.17, 15) is 9.90 Å². The van der Waals surface area contributed by atoms with Crippen LogP contribution in [0.3, 0.4) is 0 Å². The average molecular weight is 277 g/mol. The molecule has 0 bridgehead atoms. The first-order chi connectivity index (χ1) is 9.60. The van der Waals surface area contributed by atoms with Crippen molar-refractivity contribution < 1.29 is 14.6 Å². The third-order valence-electron chi connectivity index (χ3n) is 3.86. The molecule has 1 fully saturated rings. The van der Waals surface area contributed by atoms with Gasteiger partial charge < -0.3 is 9.84 Å². The highest BCUT2D eigenvalue weighted by atomic mass is 16.5. The smallest absolute Gasteiger partial charge is 0.176 e. The monoisotopic (exact) mass is 277 g/mol. The molecular weight excluding hydrogens is 254 g/mol. The molecule has 1 N–H and O–H groups in total. The fraction of sp³-hybridized carbons (Fsp3) is 0.562. The van der Waals surface area contributed by atoms with E-state index in [1.165, 1.54) is 0 Å². The van der Waals surface area contributed by atoms with Gasteiger partial charge in [0.15, 0.2) is 5.78 Å². The van der Waals surface area contributed by atoms with Crippen molar-refractivity contribution in [2.45, 2.75) is 26.4 Å². The highest BCUT2D eigenvalue weighted by molar-refractivity contribution is 5.97. The van der Waals surface area contributed by atoms with Gasteiger partial charge >= 0.3 is 0 Å². The van der Waals surface area contributed by atoms with E-state index < -0.39 is 0 Å². The molecule has 2 atom stereocenters. The van der Waals surface area contributed by atoms with Crippen LogP contribution in [-0.2, 0) is 0 Å². The van der Waals surface area contributed by atoms with Crippen molar-refractivity contribution in [1.29, 1.82) is 0 Å². The van der Waals surface area contributed by atoms with Crippen LogP contribution in [0.25, 0.3) is 0 Å². The van der Waals surface area contributed by atoms with E-state index in [0.717, 1.165) is 18.7 Å². The summed E-state index contributed by atoms with van der Waals surface area (Å²) >= 11 is 0. The van der Waals surface area contributed by atoms with E-state index in [4.69, 9.17) is 4.74 Å². The normalized spacial score (nSPS) is 23.6. The number of piperidine rings is 1. The molecule has 0 saturated carbocycles. The molecule has 2 unspecified atom stereocenters. The number of aliphatic hydroxyl groups is 1. The maximum Gasteiger partial charge on any atom is 0.176 e. The average Bonchev–Trinajstić information content (AvgIpc) is 2.44. The molecule has 4 nitrogen and oxygen atoms in total. The number of hydrogen-bond acceptors (Lipinski definition) is 4. The molecule has 0 radical (unpaired) electrons. The van der Waals surface area contributed by atoms with Crippen molar-refractivity contribution >= 4 is 5.78 Å². The van der Waals surface area contributed by atoms with E-state index >= 15 is 0 Å². The van der Waals surface area contributed by atoms with Crippen molar-refractivity contribution in [3.8, 4) is 5.75 Å². The van der Waals surface area contributed by atoms with Crippen LogP contribution in [0.4, 0.5) is 0 Å². The first kappa shape index (κ1) is 15.0. The molecule has 1 aromatic carbocycles. The van der Waals surface area contributed by atoms with Gasteiger partial charge in [-0.3, -0.25) is 9.69 Å². The lowest BCUT2D eigenvalue weighted by molar-refractivity contribution is 0.0295. The zero-order valence-electron chi connectivity index (χ0n) is 12.2. The van der Waals surface area contributed by atoms with Gasteiger partial charge in [0, 0.05) is 12.1 Å². The summed E-state index contributed by atoms with van der Waals surface area (Å²) < 4.78 is 5.36. The summed E-state index contributed by atoms with van der Waals surface area (Å²) in [6.45, 7) is 6.44. The predicted molar refractivity (Wildman–Crippen MR) is 78.2 cm³/mol. The Morgan fingerprint density at radius 1 is 1.40 bits per heavy atom. The first-order valence-corrected chi connectivity index (χ1v) is 7.26. The van der Waals surface area contributed by atoms with Crippen LogP contribution in [0.15, 0.2) is 24.3 Å². The lowest BCUT2D eigenvalue weighted by Crippen LogP contribution is -2.44. The first-order valence-electron chi connectivity index (χ1n) is 7.26. The predicted octanol–water partition coefficient (Wildman–Crippen LogP) is 1.97. The molecule has 1 aliphatic heterocycles. The van der Waals surface area contributed by atoms with Gasteiger partial charge in [0.05, 0.1) is 19.3 Å². The number of carbonyl (C=O) groups is 1. The highest BCUT2D eigenvalue weighted by Gasteiger charge is 2.25. The molecule has 0 amide bonds. The zero-order valence-corrected chi connectivity index (χ0v) is 12.2.